The van der Waals surface area contributed by atoms with Gasteiger partial charge in [-0.15, -0.1) is 0 Å². The fraction of sp³-hybridized carbons (Fsp3) is 0.350. The summed E-state index contributed by atoms with van der Waals surface area (Å²) in [5, 5.41) is 4.27. The lowest BCUT2D eigenvalue weighted by Crippen LogP contribution is -2.24. The predicted octanol–water partition coefficient (Wildman–Crippen LogP) is 2.20. The number of hydrogen-bond acceptors (Lipinski definition) is 7. The highest BCUT2D eigenvalue weighted by Gasteiger charge is 2.58. The van der Waals surface area contributed by atoms with Crippen molar-refractivity contribution in [2.45, 2.75) is 12.5 Å². The molecule has 3 atom stereocenters. The predicted molar refractivity (Wildman–Crippen MR) is 110 cm³/mol. The van der Waals surface area contributed by atoms with E-state index in [2.05, 4.69) is 25.0 Å². The number of hydrogen-bond donors (Lipinski definition) is 0. The number of aromatic nitrogens is 6. The average Bonchev–Trinajstić information content (AvgIpc) is 3.18. The molecule has 2 fully saturated rings. The summed E-state index contributed by atoms with van der Waals surface area (Å²) in [5.41, 5.74) is 1.46. The van der Waals surface area contributed by atoms with Crippen molar-refractivity contribution in [1.29, 1.82) is 0 Å². The SMILES string of the molecule is Cn1cnc2ncn(Cc3nc([C@@H]4C5CN(c6ccc(Cl)c(F)c6)C[C@H]54)no3)c(=O)c21. The normalized spacial score (nSPS) is 22.3. The second-order valence-corrected chi connectivity index (χ2v) is 8.52. The van der Waals surface area contributed by atoms with Crippen LogP contribution in [0, 0.1) is 17.7 Å². The van der Waals surface area contributed by atoms with Crippen LogP contribution in [0.5, 0.6) is 0 Å². The van der Waals surface area contributed by atoms with Crippen LogP contribution in [0.25, 0.3) is 11.2 Å². The lowest BCUT2D eigenvalue weighted by Gasteiger charge is -2.21. The van der Waals surface area contributed by atoms with Crippen molar-refractivity contribution < 1.29 is 8.91 Å². The maximum atomic E-state index is 13.8. The fourth-order valence-corrected chi connectivity index (χ4v) is 4.72. The topological polar surface area (TPSA) is 94.9 Å². The summed E-state index contributed by atoms with van der Waals surface area (Å²) in [6, 6.07) is 4.89. The molecule has 3 aromatic heterocycles. The first-order valence-corrected chi connectivity index (χ1v) is 10.3. The van der Waals surface area contributed by atoms with Crippen LogP contribution in [0.15, 0.2) is 40.2 Å². The summed E-state index contributed by atoms with van der Waals surface area (Å²) in [5.74, 6) is 1.64. The van der Waals surface area contributed by atoms with Crippen molar-refractivity contribution in [2.75, 3.05) is 18.0 Å². The van der Waals surface area contributed by atoms with Crippen LogP contribution >= 0.6 is 11.6 Å². The summed E-state index contributed by atoms with van der Waals surface area (Å²) < 4.78 is 22.2. The molecule has 4 aromatic rings. The van der Waals surface area contributed by atoms with Crippen LogP contribution in [0.2, 0.25) is 5.02 Å². The minimum absolute atomic E-state index is 0.127. The molecular formula is C20H17ClFN7O2. The Labute approximate surface area is 180 Å². The van der Waals surface area contributed by atoms with E-state index in [4.69, 9.17) is 16.1 Å². The minimum atomic E-state index is -0.409. The lowest BCUT2D eigenvalue weighted by molar-refractivity contribution is 0.363. The smallest absolute Gasteiger partial charge is 0.280 e. The van der Waals surface area contributed by atoms with E-state index in [0.29, 0.717) is 34.7 Å². The highest BCUT2D eigenvalue weighted by atomic mass is 35.5. The number of nitrogens with zero attached hydrogens (tertiary/aromatic N) is 7. The van der Waals surface area contributed by atoms with Crippen molar-refractivity contribution in [3.05, 3.63) is 63.8 Å². The number of rotatable bonds is 4. The van der Waals surface area contributed by atoms with Crippen LogP contribution in [0.1, 0.15) is 17.6 Å². The maximum Gasteiger partial charge on any atom is 0.280 e. The van der Waals surface area contributed by atoms with Crippen molar-refractivity contribution in [2.24, 2.45) is 18.9 Å². The zero-order valence-electron chi connectivity index (χ0n) is 16.4. The standard InChI is InChI=1S/C20H17ClFN7O2/c1-27-8-23-19-17(27)20(30)29(9-24-19)7-15-25-18(26-31-15)16-11-5-28(6-12(11)16)10-2-3-13(21)14(22)4-10/h2-4,8-9,11-12,16H,5-7H2,1H3/t11-,12?,16+/m1/s1. The van der Waals surface area contributed by atoms with Gasteiger partial charge in [-0.3, -0.25) is 9.36 Å². The Kier molecular flexibility index (Phi) is 3.95. The quantitative estimate of drug-likeness (QED) is 0.479. The number of aryl methyl sites for hydroxylation is 1. The molecule has 6 rings (SSSR count). The maximum absolute atomic E-state index is 13.8. The molecule has 0 radical (unpaired) electrons. The lowest BCUT2D eigenvalue weighted by atomic mass is 10.2. The number of halogens is 2. The Hall–Kier alpha value is -3.27. The van der Waals surface area contributed by atoms with Gasteiger partial charge in [0.05, 0.1) is 11.3 Å². The first-order valence-electron chi connectivity index (χ1n) is 9.88. The number of benzene rings is 1. The molecule has 1 aromatic carbocycles. The molecule has 158 valence electrons. The summed E-state index contributed by atoms with van der Waals surface area (Å²) in [4.78, 5) is 27.6. The van der Waals surface area contributed by atoms with Gasteiger partial charge in [0.15, 0.2) is 17.0 Å². The molecule has 1 saturated heterocycles. The van der Waals surface area contributed by atoms with Gasteiger partial charge in [0.1, 0.15) is 18.7 Å². The zero-order chi connectivity index (χ0) is 21.3. The Morgan fingerprint density at radius 2 is 2.00 bits per heavy atom. The van der Waals surface area contributed by atoms with Gasteiger partial charge < -0.3 is 14.0 Å². The first kappa shape index (κ1) is 18.5. The van der Waals surface area contributed by atoms with Gasteiger partial charge in [-0.05, 0) is 30.0 Å². The molecule has 0 spiro atoms. The van der Waals surface area contributed by atoms with Gasteiger partial charge in [0.25, 0.3) is 5.56 Å². The second kappa shape index (κ2) is 6.61. The molecular weight excluding hydrogens is 425 g/mol. The number of piperidine rings is 1. The van der Waals surface area contributed by atoms with Crippen molar-refractivity contribution in [3.8, 4) is 0 Å². The zero-order valence-corrected chi connectivity index (χ0v) is 17.2. The summed E-state index contributed by atoms with van der Waals surface area (Å²) in [6.07, 6.45) is 3.00. The van der Waals surface area contributed by atoms with Crippen LogP contribution in [-0.2, 0) is 13.6 Å². The summed E-state index contributed by atoms with van der Waals surface area (Å²) in [6.45, 7) is 1.76. The van der Waals surface area contributed by atoms with E-state index in [0.717, 1.165) is 18.8 Å². The monoisotopic (exact) mass is 441 g/mol. The number of imidazole rings is 1. The second-order valence-electron chi connectivity index (χ2n) is 8.11. The van der Waals surface area contributed by atoms with Gasteiger partial charge in [-0.1, -0.05) is 16.8 Å². The molecule has 0 bridgehead atoms. The Morgan fingerprint density at radius 3 is 2.77 bits per heavy atom. The third-order valence-corrected chi connectivity index (χ3v) is 6.56. The van der Waals surface area contributed by atoms with Crippen molar-refractivity contribution in [3.63, 3.8) is 0 Å². The molecule has 9 nitrogen and oxygen atoms in total. The van der Waals surface area contributed by atoms with E-state index < -0.39 is 5.82 Å². The van der Waals surface area contributed by atoms with E-state index in [1.807, 2.05) is 6.07 Å². The third-order valence-electron chi connectivity index (χ3n) is 6.25. The first-order chi connectivity index (χ1) is 15.0. The average molecular weight is 442 g/mol. The number of fused-ring (bicyclic) bond motifs is 2. The molecule has 1 saturated carbocycles. The van der Waals surface area contributed by atoms with Crippen LogP contribution in [0.4, 0.5) is 10.1 Å². The molecule has 0 N–H and O–H groups in total. The van der Waals surface area contributed by atoms with E-state index >= 15 is 0 Å². The van der Waals surface area contributed by atoms with Crippen molar-refractivity contribution >= 4 is 28.5 Å². The highest BCUT2D eigenvalue weighted by Crippen LogP contribution is 2.58. The Morgan fingerprint density at radius 1 is 1.23 bits per heavy atom. The Balaban J connectivity index is 1.16. The van der Waals surface area contributed by atoms with E-state index in [-0.39, 0.29) is 23.0 Å². The molecule has 31 heavy (non-hydrogen) atoms. The summed E-state index contributed by atoms with van der Waals surface area (Å²) >= 11 is 5.78. The highest BCUT2D eigenvalue weighted by molar-refractivity contribution is 6.30. The van der Waals surface area contributed by atoms with Gasteiger partial charge >= 0.3 is 0 Å². The van der Waals surface area contributed by atoms with Gasteiger partial charge in [-0.25, -0.2) is 14.4 Å². The van der Waals surface area contributed by atoms with Gasteiger partial charge in [0, 0.05) is 31.7 Å². The van der Waals surface area contributed by atoms with Gasteiger partial charge in [0.2, 0.25) is 5.89 Å². The molecule has 1 unspecified atom stereocenters. The van der Waals surface area contributed by atoms with Crippen molar-refractivity contribution in [1.82, 2.24) is 29.2 Å². The van der Waals surface area contributed by atoms with E-state index in [9.17, 15) is 9.18 Å². The third kappa shape index (κ3) is 2.93. The molecule has 1 aliphatic carbocycles. The van der Waals surface area contributed by atoms with Crippen LogP contribution in [0.3, 0.4) is 0 Å². The minimum Gasteiger partial charge on any atom is -0.371 e. The molecule has 1 aliphatic heterocycles. The largest absolute Gasteiger partial charge is 0.371 e. The van der Waals surface area contributed by atoms with Crippen LogP contribution < -0.4 is 10.5 Å². The Bertz CT molecular complexity index is 1370. The van der Waals surface area contributed by atoms with E-state index in [1.165, 1.54) is 17.0 Å². The number of anilines is 1. The molecule has 0 amide bonds. The summed E-state index contributed by atoms with van der Waals surface area (Å²) in [7, 11) is 1.75. The molecule has 2 aliphatic rings. The van der Waals surface area contributed by atoms with E-state index in [1.54, 1.807) is 24.0 Å². The van der Waals surface area contributed by atoms with Gasteiger partial charge in [-0.2, -0.15) is 4.98 Å². The fourth-order valence-electron chi connectivity index (χ4n) is 4.60. The molecule has 11 heteroatoms. The van der Waals surface area contributed by atoms with Crippen LogP contribution in [-0.4, -0.2) is 42.3 Å². The molecule has 4 heterocycles.